The maximum absolute atomic E-state index is 9.97. The largest absolute Gasteiger partial charge is 0.378 e. The monoisotopic (exact) mass is 452 g/mol. The van der Waals surface area contributed by atoms with E-state index in [0.29, 0.717) is 6.79 Å². The Morgan fingerprint density at radius 3 is 2.16 bits per heavy atom. The highest BCUT2D eigenvalue weighted by Crippen LogP contribution is 2.34. The lowest BCUT2D eigenvalue weighted by Gasteiger charge is -2.34. The second-order valence-electron chi connectivity index (χ2n) is 9.63. The van der Waals surface area contributed by atoms with E-state index < -0.39 is 6.10 Å². The summed E-state index contributed by atoms with van der Waals surface area (Å²) in [5, 5.41) is 9.97. The van der Waals surface area contributed by atoms with Crippen LogP contribution in [0.2, 0.25) is 0 Å². The third kappa shape index (κ3) is 10.1. The van der Waals surface area contributed by atoms with Gasteiger partial charge in [0.25, 0.3) is 0 Å². The van der Waals surface area contributed by atoms with Crippen LogP contribution in [0.4, 0.5) is 0 Å². The van der Waals surface area contributed by atoms with E-state index in [-0.39, 0.29) is 30.5 Å². The van der Waals surface area contributed by atoms with Crippen molar-refractivity contribution in [2.45, 2.75) is 146 Å². The molecular weight excluding hydrogens is 404 g/mol. The number of unbranched alkanes of at least 4 members (excludes halogenated alkanes) is 9. The number of aliphatic hydroxyl groups is 1. The Morgan fingerprint density at radius 1 is 0.875 bits per heavy atom. The van der Waals surface area contributed by atoms with Gasteiger partial charge < -0.3 is 24.1 Å². The van der Waals surface area contributed by atoms with Crippen LogP contribution in [0.1, 0.15) is 110 Å². The van der Waals surface area contributed by atoms with Crippen LogP contribution in [0.3, 0.4) is 0 Å². The minimum absolute atomic E-state index is 0.0159. The molecule has 0 saturated carbocycles. The first kappa shape index (κ1) is 27.6. The maximum Gasteiger partial charge on any atom is 0.146 e. The highest BCUT2D eigenvalue weighted by Gasteiger charge is 2.39. The summed E-state index contributed by atoms with van der Waals surface area (Å²) in [4.78, 5) is 0. The molecule has 0 amide bonds. The number of ether oxygens (including phenoxy) is 4. The fourth-order valence-electron chi connectivity index (χ4n) is 5.10. The van der Waals surface area contributed by atoms with Gasteiger partial charge in [-0.25, -0.2) is 0 Å². The van der Waals surface area contributed by atoms with E-state index in [4.69, 9.17) is 25.4 Å². The van der Waals surface area contributed by atoms with Crippen LogP contribution in [-0.4, -0.2) is 55.6 Å². The highest BCUT2D eigenvalue weighted by atomic mass is 16.7. The maximum atomic E-state index is 9.97. The first-order chi connectivity index (χ1) is 15.7. The van der Waals surface area contributed by atoms with Gasteiger partial charge in [0.1, 0.15) is 12.9 Å². The van der Waals surface area contributed by atoms with Crippen molar-refractivity contribution in [3.63, 3.8) is 0 Å². The van der Waals surface area contributed by atoms with Gasteiger partial charge in [-0.1, -0.05) is 77.1 Å². The van der Waals surface area contributed by atoms with Gasteiger partial charge in [-0.15, -0.1) is 6.42 Å². The van der Waals surface area contributed by atoms with Crippen LogP contribution in [-0.2, 0) is 18.9 Å². The molecule has 6 atom stereocenters. The van der Waals surface area contributed by atoms with Crippen molar-refractivity contribution >= 4 is 0 Å². The van der Waals surface area contributed by atoms with Gasteiger partial charge in [-0.3, -0.25) is 0 Å². The predicted octanol–water partition coefficient (Wildman–Crippen LogP) is 5.77. The molecule has 0 unspecified atom stereocenters. The minimum Gasteiger partial charge on any atom is -0.378 e. The van der Waals surface area contributed by atoms with Crippen LogP contribution in [0.15, 0.2) is 0 Å². The summed E-state index contributed by atoms with van der Waals surface area (Å²) in [6, 6.07) is 0. The first-order valence-electron chi connectivity index (χ1n) is 13.2. The summed E-state index contributed by atoms with van der Waals surface area (Å²) in [6.07, 6.45) is 23.6. The molecule has 0 bridgehead atoms. The first-order valence-corrected chi connectivity index (χ1v) is 13.2. The van der Waals surface area contributed by atoms with Crippen LogP contribution >= 0.6 is 0 Å². The molecule has 0 aliphatic carbocycles. The lowest BCUT2D eigenvalue weighted by molar-refractivity contribution is -0.167. The topological polar surface area (TPSA) is 57.2 Å². The normalized spacial score (nSPS) is 27.8. The average Bonchev–Trinajstić information content (AvgIpc) is 3.32. The van der Waals surface area contributed by atoms with E-state index in [1.807, 2.05) is 0 Å². The summed E-state index contributed by atoms with van der Waals surface area (Å²) >= 11 is 0. The molecule has 0 aromatic heterocycles. The molecule has 0 radical (unpaired) electrons. The Bertz CT molecular complexity index is 505. The molecular formula is C27H48O5. The summed E-state index contributed by atoms with van der Waals surface area (Å²) in [7, 11) is 1.67. The van der Waals surface area contributed by atoms with Crippen LogP contribution < -0.4 is 0 Å². The molecule has 2 rings (SSSR count). The molecule has 5 nitrogen and oxygen atoms in total. The summed E-state index contributed by atoms with van der Waals surface area (Å²) < 4.78 is 23.7. The van der Waals surface area contributed by atoms with E-state index in [9.17, 15) is 5.11 Å². The molecule has 2 aliphatic heterocycles. The van der Waals surface area contributed by atoms with Gasteiger partial charge in [-0.05, 0) is 38.5 Å². The second-order valence-corrected chi connectivity index (χ2v) is 9.63. The average molecular weight is 453 g/mol. The number of methoxy groups -OCH3 is 1. The molecule has 2 saturated heterocycles. The number of aliphatic hydroxyl groups excluding tert-OH is 1. The summed E-state index contributed by atoms with van der Waals surface area (Å²) in [5.74, 6) is 2.40. The van der Waals surface area contributed by atoms with Crippen LogP contribution in [0.25, 0.3) is 0 Å². The van der Waals surface area contributed by atoms with E-state index in [1.165, 1.54) is 64.2 Å². The minimum atomic E-state index is -0.830. The highest BCUT2D eigenvalue weighted by molar-refractivity contribution is 4.99. The van der Waals surface area contributed by atoms with Gasteiger partial charge in [0.2, 0.25) is 0 Å². The molecule has 2 aliphatic rings. The van der Waals surface area contributed by atoms with Gasteiger partial charge in [0.15, 0.2) is 0 Å². The third-order valence-electron chi connectivity index (χ3n) is 7.01. The van der Waals surface area contributed by atoms with Crippen LogP contribution in [0.5, 0.6) is 0 Å². The van der Waals surface area contributed by atoms with E-state index in [0.717, 1.165) is 38.5 Å². The number of terminal acetylenes is 1. The zero-order chi connectivity index (χ0) is 23.0. The molecule has 5 heteroatoms. The molecule has 0 spiro atoms. The van der Waals surface area contributed by atoms with Crippen molar-refractivity contribution in [3.8, 4) is 12.3 Å². The Balaban J connectivity index is 1.67. The van der Waals surface area contributed by atoms with Gasteiger partial charge in [-0.2, -0.15) is 0 Å². The van der Waals surface area contributed by atoms with Gasteiger partial charge >= 0.3 is 0 Å². The SMILES string of the molecule is C#C[C@@H](O)[C@@H]1CCC[C@H]([C@H]2CC[C@H]([C@@H](CCCCCCCCCCCC)OCOC)O2)O1. The quantitative estimate of drug-likeness (QED) is 0.173. The van der Waals surface area contributed by atoms with Gasteiger partial charge in [0.05, 0.1) is 30.5 Å². The third-order valence-corrected chi connectivity index (χ3v) is 7.01. The van der Waals surface area contributed by atoms with Crippen molar-refractivity contribution in [3.05, 3.63) is 0 Å². The Morgan fingerprint density at radius 2 is 1.50 bits per heavy atom. The fraction of sp³-hybridized carbons (Fsp3) is 0.926. The molecule has 32 heavy (non-hydrogen) atoms. The second kappa shape index (κ2) is 16.9. The molecule has 2 fully saturated rings. The van der Waals surface area contributed by atoms with Crippen molar-refractivity contribution < 1.29 is 24.1 Å². The van der Waals surface area contributed by atoms with Crippen molar-refractivity contribution in [2.75, 3.05) is 13.9 Å². The van der Waals surface area contributed by atoms with Gasteiger partial charge in [0, 0.05) is 7.11 Å². The lowest BCUT2D eigenvalue weighted by Crippen LogP contribution is -2.42. The summed E-state index contributed by atoms with van der Waals surface area (Å²) in [5.41, 5.74) is 0. The molecule has 0 aromatic rings. The number of hydrogen-bond donors (Lipinski definition) is 1. The molecule has 0 aromatic carbocycles. The van der Waals surface area contributed by atoms with Crippen molar-refractivity contribution in [2.24, 2.45) is 0 Å². The fourth-order valence-corrected chi connectivity index (χ4v) is 5.10. The molecule has 186 valence electrons. The Hall–Kier alpha value is -0.640. The zero-order valence-electron chi connectivity index (χ0n) is 20.6. The van der Waals surface area contributed by atoms with Crippen molar-refractivity contribution in [1.29, 1.82) is 0 Å². The van der Waals surface area contributed by atoms with E-state index in [2.05, 4.69) is 12.8 Å². The summed E-state index contributed by atoms with van der Waals surface area (Å²) in [6.45, 7) is 2.58. The Labute approximate surface area is 196 Å². The van der Waals surface area contributed by atoms with E-state index >= 15 is 0 Å². The van der Waals surface area contributed by atoms with Crippen molar-refractivity contribution in [1.82, 2.24) is 0 Å². The zero-order valence-corrected chi connectivity index (χ0v) is 20.6. The number of hydrogen-bond acceptors (Lipinski definition) is 5. The van der Waals surface area contributed by atoms with Crippen LogP contribution in [0, 0.1) is 12.3 Å². The molecule has 2 heterocycles. The standard InChI is InChI=1S/C27H48O5/c1-4-6-7-8-9-10-11-12-13-14-16-24(30-21-29-3)26-19-20-27(32-26)25-18-15-17-23(31-25)22(28)5-2/h2,22-28H,4,6-21H2,1,3H3/t22-,23+,24-,25-,26-,27-/m1/s1. The Kier molecular flexibility index (Phi) is 14.6. The lowest BCUT2D eigenvalue weighted by atomic mass is 9.96. The van der Waals surface area contributed by atoms with E-state index in [1.54, 1.807) is 7.11 Å². The smallest absolute Gasteiger partial charge is 0.146 e. The predicted molar refractivity (Wildman–Crippen MR) is 128 cm³/mol. The number of rotatable bonds is 17. The molecule has 1 N–H and O–H groups in total.